The Hall–Kier alpha value is -1.20. The highest BCUT2D eigenvalue weighted by atomic mass is 35.5. The van der Waals surface area contributed by atoms with Gasteiger partial charge in [0.15, 0.2) is 0 Å². The van der Waals surface area contributed by atoms with Gasteiger partial charge in [0.25, 0.3) is 5.91 Å². The fraction of sp³-hybridized carbons (Fsp3) is 0.545. The van der Waals surface area contributed by atoms with Crippen LogP contribution in [0.15, 0.2) is 12.4 Å². The molecule has 0 radical (unpaired) electrons. The smallest absolute Gasteiger partial charge is 0.271 e. The van der Waals surface area contributed by atoms with Crippen LogP contribution >= 0.6 is 11.6 Å². The van der Waals surface area contributed by atoms with Gasteiger partial charge >= 0.3 is 0 Å². The topological polar surface area (TPSA) is 58.1 Å². The molecule has 0 saturated carbocycles. The van der Waals surface area contributed by atoms with Crippen LogP contribution in [0.5, 0.6) is 0 Å². The Kier molecular flexibility index (Phi) is 3.91. The van der Waals surface area contributed by atoms with Crippen LogP contribution in [0.2, 0.25) is 5.15 Å². The normalized spacial score (nSPS) is 20.5. The van der Waals surface area contributed by atoms with Crippen LogP contribution in [0.1, 0.15) is 16.9 Å². The van der Waals surface area contributed by atoms with Crippen LogP contribution in [0.4, 0.5) is 0 Å². The van der Waals surface area contributed by atoms with Gasteiger partial charge in [0.05, 0.1) is 12.4 Å². The fourth-order valence-corrected chi connectivity index (χ4v) is 2.12. The van der Waals surface area contributed by atoms with Crippen molar-refractivity contribution in [3.05, 3.63) is 23.2 Å². The highest BCUT2D eigenvalue weighted by molar-refractivity contribution is 6.29. The van der Waals surface area contributed by atoms with Gasteiger partial charge in [-0.3, -0.25) is 9.78 Å². The standard InChI is InChI=1S/C11H15ClN4O/c1-16-3-2-8(7-16)4-14-11(17)9-5-13-6-10(12)15-9/h5-6,8H,2-4,7H2,1H3,(H,14,17). The maximum Gasteiger partial charge on any atom is 0.271 e. The zero-order valence-corrected chi connectivity index (χ0v) is 10.4. The second-order valence-electron chi connectivity index (χ2n) is 4.35. The van der Waals surface area contributed by atoms with Gasteiger partial charge in [-0.1, -0.05) is 11.6 Å². The molecule has 2 heterocycles. The minimum Gasteiger partial charge on any atom is -0.350 e. The fourth-order valence-electron chi connectivity index (χ4n) is 1.97. The molecule has 0 spiro atoms. The molecule has 1 aliphatic heterocycles. The Morgan fingerprint density at radius 3 is 3.12 bits per heavy atom. The van der Waals surface area contributed by atoms with Crippen LogP contribution in [0.3, 0.4) is 0 Å². The van der Waals surface area contributed by atoms with Gasteiger partial charge in [-0.15, -0.1) is 0 Å². The number of aromatic nitrogens is 2. The van der Waals surface area contributed by atoms with E-state index in [1.807, 2.05) is 0 Å². The Labute approximate surface area is 105 Å². The summed E-state index contributed by atoms with van der Waals surface area (Å²) in [7, 11) is 2.09. The van der Waals surface area contributed by atoms with Gasteiger partial charge in [0, 0.05) is 13.1 Å². The SMILES string of the molecule is CN1CCC(CNC(=O)c2cncc(Cl)n2)C1. The molecule has 2 rings (SSSR count). The van der Waals surface area contributed by atoms with E-state index in [2.05, 4.69) is 27.2 Å². The summed E-state index contributed by atoms with van der Waals surface area (Å²) < 4.78 is 0. The molecule has 1 aliphatic rings. The van der Waals surface area contributed by atoms with Crippen LogP contribution < -0.4 is 5.32 Å². The Bertz CT molecular complexity index is 412. The lowest BCUT2D eigenvalue weighted by Gasteiger charge is -2.11. The summed E-state index contributed by atoms with van der Waals surface area (Å²) in [4.78, 5) is 21.8. The first-order valence-corrected chi connectivity index (χ1v) is 5.97. The number of carbonyl (C=O) groups is 1. The van der Waals surface area contributed by atoms with Crippen molar-refractivity contribution in [2.24, 2.45) is 5.92 Å². The largest absolute Gasteiger partial charge is 0.350 e. The molecule has 0 aliphatic carbocycles. The maximum atomic E-state index is 11.7. The molecule has 1 atom stereocenters. The third kappa shape index (κ3) is 3.38. The molecule has 92 valence electrons. The lowest BCUT2D eigenvalue weighted by Crippen LogP contribution is -2.31. The number of nitrogens with zero attached hydrogens (tertiary/aromatic N) is 3. The number of carbonyl (C=O) groups excluding carboxylic acids is 1. The number of hydrogen-bond donors (Lipinski definition) is 1. The molecule has 1 fully saturated rings. The Morgan fingerprint density at radius 2 is 2.47 bits per heavy atom. The van der Waals surface area contributed by atoms with E-state index in [0.29, 0.717) is 12.5 Å². The zero-order chi connectivity index (χ0) is 12.3. The Morgan fingerprint density at radius 1 is 1.65 bits per heavy atom. The molecule has 17 heavy (non-hydrogen) atoms. The summed E-state index contributed by atoms with van der Waals surface area (Å²) in [6.07, 6.45) is 3.95. The molecule has 1 unspecified atom stereocenters. The number of nitrogens with one attached hydrogen (secondary N) is 1. The summed E-state index contributed by atoms with van der Waals surface area (Å²) in [6.45, 7) is 2.80. The summed E-state index contributed by atoms with van der Waals surface area (Å²) in [5.41, 5.74) is 0.267. The number of halogens is 1. The number of hydrogen-bond acceptors (Lipinski definition) is 4. The van der Waals surface area contributed by atoms with Crippen molar-refractivity contribution in [1.82, 2.24) is 20.2 Å². The van der Waals surface area contributed by atoms with E-state index >= 15 is 0 Å². The van der Waals surface area contributed by atoms with Crippen molar-refractivity contribution >= 4 is 17.5 Å². The molecule has 1 aromatic rings. The first-order valence-electron chi connectivity index (χ1n) is 5.59. The van der Waals surface area contributed by atoms with Crippen LogP contribution in [-0.2, 0) is 0 Å². The van der Waals surface area contributed by atoms with Crippen molar-refractivity contribution in [2.75, 3.05) is 26.7 Å². The minimum absolute atomic E-state index is 0.213. The van der Waals surface area contributed by atoms with Crippen molar-refractivity contribution in [3.8, 4) is 0 Å². The first-order chi connectivity index (χ1) is 8.15. The van der Waals surface area contributed by atoms with E-state index in [9.17, 15) is 4.79 Å². The quantitative estimate of drug-likeness (QED) is 0.867. The number of rotatable bonds is 3. The van der Waals surface area contributed by atoms with Crippen molar-refractivity contribution in [2.45, 2.75) is 6.42 Å². The molecule has 1 saturated heterocycles. The Balaban J connectivity index is 1.85. The number of amides is 1. The van der Waals surface area contributed by atoms with Crippen molar-refractivity contribution < 1.29 is 4.79 Å². The van der Waals surface area contributed by atoms with E-state index in [-0.39, 0.29) is 16.8 Å². The maximum absolute atomic E-state index is 11.7. The lowest BCUT2D eigenvalue weighted by atomic mass is 10.1. The summed E-state index contributed by atoms with van der Waals surface area (Å²) in [5, 5.41) is 3.10. The monoisotopic (exact) mass is 254 g/mol. The van der Waals surface area contributed by atoms with E-state index in [1.165, 1.54) is 12.4 Å². The molecule has 0 aromatic carbocycles. The average molecular weight is 255 g/mol. The molecule has 6 heteroatoms. The molecule has 1 amide bonds. The third-order valence-corrected chi connectivity index (χ3v) is 3.06. The number of likely N-dealkylation sites (tertiary alicyclic amines) is 1. The summed E-state index contributed by atoms with van der Waals surface area (Å²) in [5.74, 6) is 0.311. The lowest BCUT2D eigenvalue weighted by molar-refractivity contribution is 0.0942. The van der Waals surface area contributed by atoms with Gasteiger partial charge in [0.2, 0.25) is 0 Å². The minimum atomic E-state index is -0.213. The summed E-state index contributed by atoms with van der Waals surface area (Å²) >= 11 is 5.68. The van der Waals surface area contributed by atoms with Gasteiger partial charge in [0.1, 0.15) is 10.8 Å². The second-order valence-corrected chi connectivity index (χ2v) is 4.74. The van der Waals surface area contributed by atoms with Crippen molar-refractivity contribution in [1.29, 1.82) is 0 Å². The predicted molar refractivity (Wildman–Crippen MR) is 65.0 cm³/mol. The molecular formula is C11H15ClN4O. The zero-order valence-electron chi connectivity index (χ0n) is 9.69. The third-order valence-electron chi connectivity index (χ3n) is 2.88. The predicted octanol–water partition coefficient (Wildman–Crippen LogP) is 0.811. The van der Waals surface area contributed by atoms with E-state index in [0.717, 1.165) is 19.5 Å². The van der Waals surface area contributed by atoms with Crippen LogP contribution in [-0.4, -0.2) is 47.5 Å². The van der Waals surface area contributed by atoms with Gasteiger partial charge in [-0.05, 0) is 25.9 Å². The van der Waals surface area contributed by atoms with Crippen LogP contribution in [0.25, 0.3) is 0 Å². The van der Waals surface area contributed by atoms with Gasteiger partial charge in [-0.25, -0.2) is 4.98 Å². The molecule has 5 nitrogen and oxygen atoms in total. The summed E-state index contributed by atoms with van der Waals surface area (Å²) in [6, 6.07) is 0. The highest BCUT2D eigenvalue weighted by Crippen LogP contribution is 2.13. The second kappa shape index (κ2) is 5.42. The van der Waals surface area contributed by atoms with E-state index < -0.39 is 0 Å². The van der Waals surface area contributed by atoms with Gasteiger partial charge < -0.3 is 10.2 Å². The molecule has 1 aromatic heterocycles. The van der Waals surface area contributed by atoms with E-state index in [1.54, 1.807) is 0 Å². The van der Waals surface area contributed by atoms with E-state index in [4.69, 9.17) is 11.6 Å². The molecule has 1 N–H and O–H groups in total. The van der Waals surface area contributed by atoms with Gasteiger partial charge in [-0.2, -0.15) is 0 Å². The highest BCUT2D eigenvalue weighted by Gasteiger charge is 2.20. The first kappa shape index (κ1) is 12.3. The molecule has 0 bridgehead atoms. The average Bonchev–Trinajstić information content (AvgIpc) is 2.72. The van der Waals surface area contributed by atoms with Crippen LogP contribution in [0, 0.1) is 5.92 Å². The molecular weight excluding hydrogens is 240 g/mol. The van der Waals surface area contributed by atoms with Crippen molar-refractivity contribution in [3.63, 3.8) is 0 Å².